The van der Waals surface area contributed by atoms with E-state index in [9.17, 15) is 8.78 Å². The maximum atomic E-state index is 12.5. The van der Waals surface area contributed by atoms with E-state index in [-0.39, 0.29) is 5.75 Å². The van der Waals surface area contributed by atoms with Gasteiger partial charge in [0.1, 0.15) is 5.75 Å². The number of rotatable bonds is 5. The molecule has 1 aromatic rings. The molecule has 0 amide bonds. The maximum Gasteiger partial charge on any atom is 0.387 e. The fraction of sp³-hybridized carbons (Fsp3) is 0.647. The Bertz CT molecular complexity index is 487. The van der Waals surface area contributed by atoms with Crippen LogP contribution in [0.2, 0.25) is 0 Å². The average Bonchev–Trinajstić information content (AvgIpc) is 2.58. The van der Waals surface area contributed by atoms with E-state index in [1.165, 1.54) is 0 Å². The quantitative estimate of drug-likeness (QED) is 0.830. The minimum absolute atomic E-state index is 0.286. The first-order valence-electron chi connectivity index (χ1n) is 8.29. The van der Waals surface area contributed by atoms with Gasteiger partial charge in [-0.25, -0.2) is 0 Å². The van der Waals surface area contributed by atoms with Crippen molar-refractivity contribution in [1.29, 1.82) is 0 Å². The summed E-state index contributed by atoms with van der Waals surface area (Å²) in [5.74, 6) is 0.286. The van der Waals surface area contributed by atoms with Crippen LogP contribution < -0.4 is 4.74 Å². The molecule has 0 N–H and O–H groups in total. The molecule has 1 aromatic carbocycles. The number of alkyl halides is 2. The van der Waals surface area contributed by atoms with E-state index < -0.39 is 6.61 Å². The first-order valence-corrected chi connectivity index (χ1v) is 8.29. The number of nitrogens with zero attached hydrogens (tertiary/aromatic N) is 2. The summed E-state index contributed by atoms with van der Waals surface area (Å²) in [6.45, 7) is 3.59. The Kier molecular flexibility index (Phi) is 5.80. The van der Waals surface area contributed by atoms with E-state index >= 15 is 0 Å². The Labute approximate surface area is 136 Å². The van der Waals surface area contributed by atoms with Crippen LogP contribution in [0.1, 0.15) is 18.4 Å². The Hall–Kier alpha value is -1.24. The summed E-state index contributed by atoms with van der Waals surface area (Å²) in [7, 11) is 0. The molecule has 2 aliphatic rings. The highest BCUT2D eigenvalue weighted by molar-refractivity contribution is 5.33. The number of hydrogen-bond donors (Lipinski definition) is 0. The summed E-state index contributed by atoms with van der Waals surface area (Å²) < 4.78 is 35.0. The molecule has 0 saturated carbocycles. The third kappa shape index (κ3) is 4.62. The predicted octanol–water partition coefficient (Wildman–Crippen LogP) is 2.58. The normalized spacial score (nSPS) is 21.7. The van der Waals surface area contributed by atoms with Crippen molar-refractivity contribution in [2.45, 2.75) is 32.0 Å². The summed E-state index contributed by atoms with van der Waals surface area (Å²) in [5.41, 5.74) is 0.826. The van der Waals surface area contributed by atoms with Crippen LogP contribution in [0, 0.1) is 0 Å². The SMILES string of the molecule is FC(F)Oc1ccccc1CN1CCN(C2CCOCC2)CC1. The molecular weight excluding hydrogens is 302 g/mol. The van der Waals surface area contributed by atoms with Crippen LogP contribution in [0.3, 0.4) is 0 Å². The molecule has 2 saturated heterocycles. The monoisotopic (exact) mass is 326 g/mol. The van der Waals surface area contributed by atoms with Gasteiger partial charge in [0.05, 0.1) is 0 Å². The van der Waals surface area contributed by atoms with Crippen LogP contribution in [0.4, 0.5) is 8.78 Å². The van der Waals surface area contributed by atoms with Crippen molar-refractivity contribution in [1.82, 2.24) is 9.80 Å². The van der Waals surface area contributed by atoms with E-state index in [4.69, 9.17) is 4.74 Å². The van der Waals surface area contributed by atoms with E-state index in [0.717, 1.165) is 57.8 Å². The van der Waals surface area contributed by atoms with Gasteiger partial charge in [-0.15, -0.1) is 0 Å². The van der Waals surface area contributed by atoms with Gasteiger partial charge in [0.15, 0.2) is 0 Å². The van der Waals surface area contributed by atoms with Gasteiger partial charge >= 0.3 is 6.61 Å². The second kappa shape index (κ2) is 8.04. The van der Waals surface area contributed by atoms with E-state index in [0.29, 0.717) is 12.6 Å². The van der Waals surface area contributed by atoms with Gasteiger partial charge in [0, 0.05) is 57.5 Å². The van der Waals surface area contributed by atoms with E-state index in [1.54, 1.807) is 12.1 Å². The third-order valence-corrected chi connectivity index (χ3v) is 4.70. The van der Waals surface area contributed by atoms with E-state index in [1.807, 2.05) is 12.1 Å². The molecule has 0 aliphatic carbocycles. The van der Waals surface area contributed by atoms with Crippen molar-refractivity contribution in [2.24, 2.45) is 0 Å². The van der Waals surface area contributed by atoms with Gasteiger partial charge in [-0.05, 0) is 18.9 Å². The molecule has 4 nitrogen and oxygen atoms in total. The highest BCUT2D eigenvalue weighted by atomic mass is 19.3. The van der Waals surface area contributed by atoms with Crippen LogP contribution >= 0.6 is 0 Å². The molecular formula is C17H24F2N2O2. The van der Waals surface area contributed by atoms with Gasteiger partial charge in [0.25, 0.3) is 0 Å². The zero-order valence-corrected chi connectivity index (χ0v) is 13.3. The first-order chi connectivity index (χ1) is 11.2. The number of para-hydroxylation sites is 1. The fourth-order valence-corrected chi connectivity index (χ4v) is 3.42. The smallest absolute Gasteiger partial charge is 0.387 e. The van der Waals surface area contributed by atoms with Crippen molar-refractivity contribution < 1.29 is 18.3 Å². The van der Waals surface area contributed by atoms with Crippen molar-refractivity contribution in [3.63, 3.8) is 0 Å². The molecule has 2 fully saturated rings. The minimum Gasteiger partial charge on any atom is -0.434 e. The molecule has 23 heavy (non-hydrogen) atoms. The summed E-state index contributed by atoms with van der Waals surface area (Å²) in [4.78, 5) is 4.85. The van der Waals surface area contributed by atoms with Crippen LogP contribution in [-0.4, -0.2) is 61.8 Å². The largest absolute Gasteiger partial charge is 0.434 e. The molecule has 0 bridgehead atoms. The Morgan fingerprint density at radius 2 is 1.78 bits per heavy atom. The lowest BCUT2D eigenvalue weighted by molar-refractivity contribution is -0.0510. The highest BCUT2D eigenvalue weighted by Gasteiger charge is 2.25. The van der Waals surface area contributed by atoms with Crippen LogP contribution in [0.15, 0.2) is 24.3 Å². The van der Waals surface area contributed by atoms with Gasteiger partial charge in [-0.2, -0.15) is 8.78 Å². The Morgan fingerprint density at radius 3 is 2.48 bits per heavy atom. The van der Waals surface area contributed by atoms with Crippen LogP contribution in [0.5, 0.6) is 5.75 Å². The van der Waals surface area contributed by atoms with Gasteiger partial charge < -0.3 is 9.47 Å². The summed E-state index contributed by atoms with van der Waals surface area (Å²) in [6, 6.07) is 7.71. The predicted molar refractivity (Wildman–Crippen MR) is 83.8 cm³/mol. The molecule has 2 aliphatic heterocycles. The number of halogens is 2. The summed E-state index contributed by atoms with van der Waals surface area (Å²) in [5, 5.41) is 0. The van der Waals surface area contributed by atoms with Crippen molar-refractivity contribution >= 4 is 0 Å². The highest BCUT2D eigenvalue weighted by Crippen LogP contribution is 2.23. The van der Waals surface area contributed by atoms with Gasteiger partial charge in [-0.1, -0.05) is 18.2 Å². The zero-order chi connectivity index (χ0) is 16.1. The molecule has 0 unspecified atom stereocenters. The average molecular weight is 326 g/mol. The van der Waals surface area contributed by atoms with Gasteiger partial charge in [0.2, 0.25) is 0 Å². The lowest BCUT2D eigenvalue weighted by Crippen LogP contribution is -2.51. The number of benzene rings is 1. The third-order valence-electron chi connectivity index (χ3n) is 4.70. The van der Waals surface area contributed by atoms with Crippen LogP contribution in [-0.2, 0) is 11.3 Å². The lowest BCUT2D eigenvalue weighted by Gasteiger charge is -2.40. The van der Waals surface area contributed by atoms with Crippen molar-refractivity contribution in [2.75, 3.05) is 39.4 Å². The molecule has 2 heterocycles. The fourth-order valence-electron chi connectivity index (χ4n) is 3.42. The Balaban J connectivity index is 1.52. The maximum absolute atomic E-state index is 12.5. The molecule has 0 atom stereocenters. The second-order valence-corrected chi connectivity index (χ2v) is 6.14. The molecule has 6 heteroatoms. The first kappa shape index (κ1) is 16.6. The molecule has 0 aromatic heterocycles. The summed E-state index contributed by atoms with van der Waals surface area (Å²) >= 11 is 0. The minimum atomic E-state index is -2.78. The van der Waals surface area contributed by atoms with Crippen molar-refractivity contribution in [3.05, 3.63) is 29.8 Å². The molecule has 128 valence electrons. The lowest BCUT2D eigenvalue weighted by atomic mass is 10.1. The van der Waals surface area contributed by atoms with Crippen molar-refractivity contribution in [3.8, 4) is 5.75 Å². The standard InChI is InChI=1S/C17H24F2N2O2/c18-17(19)23-16-4-2-1-3-14(16)13-20-7-9-21(10-8-20)15-5-11-22-12-6-15/h1-4,15,17H,5-13H2. The molecule has 0 radical (unpaired) electrons. The zero-order valence-electron chi connectivity index (χ0n) is 13.3. The number of ether oxygens (including phenoxy) is 2. The second-order valence-electron chi connectivity index (χ2n) is 6.14. The van der Waals surface area contributed by atoms with Crippen LogP contribution in [0.25, 0.3) is 0 Å². The Morgan fingerprint density at radius 1 is 1.09 bits per heavy atom. The van der Waals surface area contributed by atoms with Gasteiger partial charge in [-0.3, -0.25) is 9.80 Å². The number of hydrogen-bond acceptors (Lipinski definition) is 4. The molecule has 0 spiro atoms. The summed E-state index contributed by atoms with van der Waals surface area (Å²) in [6.07, 6.45) is 2.23. The van der Waals surface area contributed by atoms with E-state index in [2.05, 4.69) is 14.5 Å². The molecule has 3 rings (SSSR count). The topological polar surface area (TPSA) is 24.9 Å². The number of piperazine rings is 1.